The van der Waals surface area contributed by atoms with Crippen molar-refractivity contribution >= 4 is 21.8 Å². The SMILES string of the molecule is COc1ccc(CC(C)C(=O)NCCc2ccc(Br)cc2)cc1OC. The minimum atomic E-state index is -0.108. The average molecular weight is 406 g/mol. The molecule has 4 nitrogen and oxygen atoms in total. The lowest BCUT2D eigenvalue weighted by molar-refractivity contribution is -0.124. The number of rotatable bonds is 8. The topological polar surface area (TPSA) is 47.6 Å². The van der Waals surface area contributed by atoms with Gasteiger partial charge in [0.05, 0.1) is 14.2 Å². The molecule has 1 amide bonds. The van der Waals surface area contributed by atoms with Crippen LogP contribution in [0.1, 0.15) is 18.1 Å². The lowest BCUT2D eigenvalue weighted by Gasteiger charge is -2.14. The summed E-state index contributed by atoms with van der Waals surface area (Å²) in [7, 11) is 3.22. The third-order valence-electron chi connectivity index (χ3n) is 4.06. The van der Waals surface area contributed by atoms with Crippen molar-refractivity contribution in [3.63, 3.8) is 0 Å². The van der Waals surface area contributed by atoms with Gasteiger partial charge in [-0.1, -0.05) is 41.1 Å². The van der Waals surface area contributed by atoms with Gasteiger partial charge in [0.2, 0.25) is 5.91 Å². The van der Waals surface area contributed by atoms with Crippen molar-refractivity contribution in [3.05, 3.63) is 58.1 Å². The molecule has 0 bridgehead atoms. The van der Waals surface area contributed by atoms with Gasteiger partial charge < -0.3 is 14.8 Å². The molecule has 0 aromatic heterocycles. The van der Waals surface area contributed by atoms with E-state index in [1.165, 1.54) is 5.56 Å². The highest BCUT2D eigenvalue weighted by Crippen LogP contribution is 2.28. The zero-order valence-corrected chi connectivity index (χ0v) is 16.4. The number of ether oxygens (including phenoxy) is 2. The molecule has 0 aliphatic carbocycles. The molecule has 134 valence electrons. The largest absolute Gasteiger partial charge is 0.493 e. The fourth-order valence-corrected chi connectivity index (χ4v) is 2.87. The molecule has 1 unspecified atom stereocenters. The van der Waals surface area contributed by atoms with Crippen molar-refractivity contribution < 1.29 is 14.3 Å². The number of methoxy groups -OCH3 is 2. The van der Waals surface area contributed by atoms with E-state index in [0.29, 0.717) is 24.5 Å². The fraction of sp³-hybridized carbons (Fsp3) is 0.350. The lowest BCUT2D eigenvalue weighted by atomic mass is 10.00. The monoisotopic (exact) mass is 405 g/mol. The Morgan fingerprint density at radius 3 is 2.32 bits per heavy atom. The molecule has 0 saturated heterocycles. The van der Waals surface area contributed by atoms with Crippen LogP contribution in [0.25, 0.3) is 0 Å². The number of hydrogen-bond acceptors (Lipinski definition) is 3. The molecule has 2 aromatic carbocycles. The van der Waals surface area contributed by atoms with Crippen molar-refractivity contribution in [2.75, 3.05) is 20.8 Å². The Morgan fingerprint density at radius 1 is 1.04 bits per heavy atom. The van der Waals surface area contributed by atoms with Crippen LogP contribution in [-0.4, -0.2) is 26.7 Å². The summed E-state index contributed by atoms with van der Waals surface area (Å²) in [5.74, 6) is 1.33. The average Bonchev–Trinajstić information content (AvgIpc) is 2.63. The molecule has 0 aliphatic rings. The summed E-state index contributed by atoms with van der Waals surface area (Å²) >= 11 is 3.42. The molecule has 0 heterocycles. The highest BCUT2D eigenvalue weighted by molar-refractivity contribution is 9.10. The normalized spacial score (nSPS) is 11.7. The van der Waals surface area contributed by atoms with Gasteiger partial charge in [-0.2, -0.15) is 0 Å². The first-order valence-corrected chi connectivity index (χ1v) is 9.06. The van der Waals surface area contributed by atoms with Crippen molar-refractivity contribution in [1.82, 2.24) is 5.32 Å². The summed E-state index contributed by atoms with van der Waals surface area (Å²) in [6.45, 7) is 2.57. The van der Waals surface area contributed by atoms with E-state index in [4.69, 9.17) is 9.47 Å². The molecule has 1 atom stereocenters. The molecular weight excluding hydrogens is 382 g/mol. The number of amides is 1. The van der Waals surface area contributed by atoms with Crippen LogP contribution < -0.4 is 14.8 Å². The maximum Gasteiger partial charge on any atom is 0.223 e. The van der Waals surface area contributed by atoms with E-state index in [1.54, 1.807) is 14.2 Å². The number of carbonyl (C=O) groups excluding carboxylic acids is 1. The van der Waals surface area contributed by atoms with Crippen molar-refractivity contribution in [2.45, 2.75) is 19.8 Å². The Labute approximate surface area is 157 Å². The van der Waals surface area contributed by atoms with Crippen molar-refractivity contribution in [3.8, 4) is 11.5 Å². The summed E-state index contributed by atoms with van der Waals surface area (Å²) in [5.41, 5.74) is 2.25. The zero-order valence-electron chi connectivity index (χ0n) is 14.8. The van der Waals surface area contributed by atoms with Gasteiger partial charge in [0.15, 0.2) is 11.5 Å². The van der Waals surface area contributed by atoms with Crippen LogP contribution in [0.5, 0.6) is 11.5 Å². The van der Waals surface area contributed by atoms with Crippen molar-refractivity contribution in [2.24, 2.45) is 5.92 Å². The van der Waals surface area contributed by atoms with Crippen LogP contribution in [0.15, 0.2) is 46.9 Å². The first kappa shape index (κ1) is 19.3. The first-order valence-electron chi connectivity index (χ1n) is 8.26. The standard InChI is InChI=1S/C20H24BrNO3/c1-14(12-16-6-9-18(24-2)19(13-16)25-3)20(23)22-11-10-15-4-7-17(21)8-5-15/h4-9,13-14H,10-12H2,1-3H3,(H,22,23). The van der Waals surface area contributed by atoms with Crippen LogP contribution >= 0.6 is 15.9 Å². The highest BCUT2D eigenvalue weighted by atomic mass is 79.9. The maximum absolute atomic E-state index is 12.3. The zero-order chi connectivity index (χ0) is 18.2. The van der Waals surface area contributed by atoms with Gasteiger partial charge >= 0.3 is 0 Å². The molecule has 0 radical (unpaired) electrons. The van der Waals surface area contributed by atoms with E-state index in [1.807, 2.05) is 37.3 Å². The van der Waals surface area contributed by atoms with E-state index in [9.17, 15) is 4.79 Å². The smallest absolute Gasteiger partial charge is 0.223 e. The van der Waals surface area contributed by atoms with Crippen molar-refractivity contribution in [1.29, 1.82) is 0 Å². The van der Waals surface area contributed by atoms with E-state index >= 15 is 0 Å². The van der Waals surface area contributed by atoms with Gasteiger partial charge in [0.1, 0.15) is 0 Å². The summed E-state index contributed by atoms with van der Waals surface area (Å²) in [6.07, 6.45) is 1.48. The van der Waals surface area contributed by atoms with E-state index in [2.05, 4.69) is 33.4 Å². The van der Waals surface area contributed by atoms with Gasteiger partial charge in [-0.25, -0.2) is 0 Å². The Kier molecular flexibility index (Phi) is 7.31. The molecule has 0 saturated carbocycles. The maximum atomic E-state index is 12.3. The van der Waals surface area contributed by atoms with Gasteiger partial charge in [-0.05, 0) is 48.2 Å². The van der Waals surface area contributed by atoms with E-state index < -0.39 is 0 Å². The molecule has 1 N–H and O–H groups in total. The predicted molar refractivity (Wildman–Crippen MR) is 103 cm³/mol. The molecule has 0 spiro atoms. The fourth-order valence-electron chi connectivity index (χ4n) is 2.61. The molecule has 0 aliphatic heterocycles. The number of hydrogen-bond donors (Lipinski definition) is 1. The predicted octanol–water partition coefficient (Wildman–Crippen LogP) is 4.00. The molecule has 5 heteroatoms. The summed E-state index contributed by atoms with van der Waals surface area (Å²) in [5, 5.41) is 3.01. The Bertz CT molecular complexity index is 701. The number of nitrogens with one attached hydrogen (secondary N) is 1. The minimum Gasteiger partial charge on any atom is -0.493 e. The molecule has 0 fully saturated rings. The van der Waals surface area contributed by atoms with Gasteiger partial charge in [-0.15, -0.1) is 0 Å². The van der Waals surface area contributed by atoms with Crippen LogP contribution in [0, 0.1) is 5.92 Å². The summed E-state index contributed by atoms with van der Waals surface area (Å²) in [4.78, 5) is 12.3. The van der Waals surface area contributed by atoms with Crippen LogP contribution in [0.4, 0.5) is 0 Å². The van der Waals surface area contributed by atoms with Crippen LogP contribution in [-0.2, 0) is 17.6 Å². The van der Waals surface area contributed by atoms with Gasteiger partial charge in [0, 0.05) is 16.9 Å². The Morgan fingerprint density at radius 2 is 1.68 bits per heavy atom. The molecule has 25 heavy (non-hydrogen) atoms. The minimum absolute atomic E-state index is 0.0619. The second-order valence-corrected chi connectivity index (χ2v) is 6.88. The van der Waals surface area contributed by atoms with E-state index in [-0.39, 0.29) is 11.8 Å². The second-order valence-electron chi connectivity index (χ2n) is 5.96. The first-order chi connectivity index (χ1) is 12.0. The Balaban J connectivity index is 1.84. The summed E-state index contributed by atoms with van der Waals surface area (Å²) in [6, 6.07) is 13.9. The number of benzene rings is 2. The van der Waals surface area contributed by atoms with E-state index in [0.717, 1.165) is 16.5 Å². The summed E-state index contributed by atoms with van der Waals surface area (Å²) < 4.78 is 11.6. The van der Waals surface area contributed by atoms with Gasteiger partial charge in [0.25, 0.3) is 0 Å². The third kappa shape index (κ3) is 5.78. The second kappa shape index (κ2) is 9.47. The number of carbonyl (C=O) groups is 1. The third-order valence-corrected chi connectivity index (χ3v) is 4.59. The molecular formula is C20H24BrNO3. The van der Waals surface area contributed by atoms with Gasteiger partial charge in [-0.3, -0.25) is 4.79 Å². The quantitative estimate of drug-likeness (QED) is 0.721. The highest BCUT2D eigenvalue weighted by Gasteiger charge is 2.14. The Hall–Kier alpha value is -2.01. The number of halogens is 1. The lowest BCUT2D eigenvalue weighted by Crippen LogP contribution is -2.31. The van der Waals surface area contributed by atoms with Crippen LogP contribution in [0.3, 0.4) is 0 Å². The molecule has 2 aromatic rings. The van der Waals surface area contributed by atoms with Crippen LogP contribution in [0.2, 0.25) is 0 Å². The molecule has 2 rings (SSSR count).